The Bertz CT molecular complexity index is 277. The maximum Gasteiger partial charge on any atom is 0.434 e. The first-order valence-electron chi connectivity index (χ1n) is 4.26. The van der Waals surface area contributed by atoms with Crippen molar-refractivity contribution in [1.82, 2.24) is 10.2 Å². The van der Waals surface area contributed by atoms with Gasteiger partial charge in [-0.25, -0.2) is 9.89 Å². The molecule has 1 heterocycles. The number of rotatable bonds is 4. The molecule has 0 aromatic carbocycles. The van der Waals surface area contributed by atoms with Crippen molar-refractivity contribution in [3.63, 3.8) is 0 Å². The molecule has 0 spiro atoms. The monoisotopic (exact) mass is 170 g/mol. The molecule has 0 saturated carbocycles. The molecule has 1 aromatic rings. The number of aromatic amines is 1. The number of aromatic nitrogens is 2. The average Bonchev–Trinajstić information content (AvgIpc) is 2.47. The maximum atomic E-state index is 10.5. The number of hydrogen-bond donors (Lipinski definition) is 1. The predicted molar refractivity (Wildman–Crippen MR) is 44.9 cm³/mol. The van der Waals surface area contributed by atoms with E-state index < -0.39 is 5.76 Å². The van der Waals surface area contributed by atoms with Crippen LogP contribution in [0.4, 0.5) is 0 Å². The Kier molecular flexibility index (Phi) is 3.08. The van der Waals surface area contributed by atoms with Crippen molar-refractivity contribution in [2.24, 2.45) is 5.92 Å². The zero-order valence-corrected chi connectivity index (χ0v) is 7.46. The number of nitrogens with one attached hydrogen (secondary N) is 1. The van der Waals surface area contributed by atoms with Crippen molar-refractivity contribution >= 4 is 0 Å². The van der Waals surface area contributed by atoms with Crippen LogP contribution in [-0.2, 0) is 6.42 Å². The largest absolute Gasteiger partial charge is 0.434 e. The number of nitrogens with zero attached hydrogens (tertiary/aromatic N) is 1. The highest BCUT2D eigenvalue weighted by atomic mass is 16.4. The van der Waals surface area contributed by atoms with Crippen molar-refractivity contribution in [1.29, 1.82) is 0 Å². The molecule has 1 unspecified atom stereocenters. The van der Waals surface area contributed by atoms with E-state index in [0.717, 1.165) is 19.3 Å². The van der Waals surface area contributed by atoms with Gasteiger partial charge in [0.1, 0.15) is 0 Å². The van der Waals surface area contributed by atoms with E-state index in [1.54, 1.807) is 0 Å². The normalized spacial score (nSPS) is 13.2. The third-order valence-electron chi connectivity index (χ3n) is 2.03. The summed E-state index contributed by atoms with van der Waals surface area (Å²) in [6.07, 6.45) is 2.91. The number of H-pyrrole nitrogens is 1. The van der Waals surface area contributed by atoms with Gasteiger partial charge in [-0.3, -0.25) is 0 Å². The first-order chi connectivity index (χ1) is 5.72. The third-order valence-corrected chi connectivity index (χ3v) is 2.03. The third kappa shape index (κ3) is 2.53. The van der Waals surface area contributed by atoms with E-state index in [4.69, 9.17) is 4.42 Å². The van der Waals surface area contributed by atoms with Crippen molar-refractivity contribution < 1.29 is 4.42 Å². The minimum absolute atomic E-state index is 0.464. The second-order valence-corrected chi connectivity index (χ2v) is 3.06. The van der Waals surface area contributed by atoms with E-state index in [9.17, 15) is 4.79 Å². The van der Waals surface area contributed by atoms with Crippen LogP contribution >= 0.6 is 0 Å². The lowest BCUT2D eigenvalue weighted by atomic mass is 10.0. The summed E-state index contributed by atoms with van der Waals surface area (Å²) >= 11 is 0. The van der Waals surface area contributed by atoms with Gasteiger partial charge in [0.05, 0.1) is 0 Å². The van der Waals surface area contributed by atoms with Gasteiger partial charge < -0.3 is 4.42 Å². The number of aryl methyl sites for hydroxylation is 1. The highest BCUT2D eigenvalue weighted by molar-refractivity contribution is 4.73. The molecule has 1 N–H and O–H groups in total. The SMILES string of the molecule is CCC(C)CCc1n[nH]c(=O)o1. The van der Waals surface area contributed by atoms with Crippen molar-refractivity contribution in [2.75, 3.05) is 0 Å². The van der Waals surface area contributed by atoms with Gasteiger partial charge in [-0.2, -0.15) is 0 Å². The zero-order chi connectivity index (χ0) is 8.97. The van der Waals surface area contributed by atoms with Crippen LogP contribution < -0.4 is 5.76 Å². The molecule has 0 amide bonds. The minimum Gasteiger partial charge on any atom is -0.393 e. The molecule has 4 nitrogen and oxygen atoms in total. The molecule has 4 heteroatoms. The Labute approximate surface area is 71.0 Å². The molecule has 1 rings (SSSR count). The van der Waals surface area contributed by atoms with Gasteiger partial charge in [0.25, 0.3) is 0 Å². The number of hydrogen-bond acceptors (Lipinski definition) is 3. The maximum absolute atomic E-state index is 10.5. The Morgan fingerprint density at radius 2 is 2.42 bits per heavy atom. The summed E-state index contributed by atoms with van der Waals surface area (Å²) in [5.74, 6) is 0.710. The lowest BCUT2D eigenvalue weighted by molar-refractivity contribution is 0.426. The van der Waals surface area contributed by atoms with E-state index in [2.05, 4.69) is 24.0 Å². The van der Waals surface area contributed by atoms with Crippen LogP contribution in [0.15, 0.2) is 9.21 Å². The molecule has 68 valence electrons. The highest BCUT2D eigenvalue weighted by Gasteiger charge is 2.04. The summed E-state index contributed by atoms with van der Waals surface area (Å²) in [4.78, 5) is 10.5. The second-order valence-electron chi connectivity index (χ2n) is 3.06. The molecule has 0 aliphatic rings. The topological polar surface area (TPSA) is 58.9 Å². The van der Waals surface area contributed by atoms with E-state index in [0.29, 0.717) is 11.8 Å². The fourth-order valence-electron chi connectivity index (χ4n) is 0.942. The molecule has 0 fully saturated rings. The van der Waals surface area contributed by atoms with Gasteiger partial charge in [-0.1, -0.05) is 20.3 Å². The molecule has 0 radical (unpaired) electrons. The van der Waals surface area contributed by atoms with Gasteiger partial charge >= 0.3 is 5.76 Å². The van der Waals surface area contributed by atoms with Crippen LogP contribution in [-0.4, -0.2) is 10.2 Å². The molecule has 12 heavy (non-hydrogen) atoms. The van der Waals surface area contributed by atoms with Gasteiger partial charge in [0, 0.05) is 6.42 Å². The minimum atomic E-state index is -0.464. The zero-order valence-electron chi connectivity index (χ0n) is 7.46. The van der Waals surface area contributed by atoms with E-state index in [-0.39, 0.29) is 0 Å². The summed E-state index contributed by atoms with van der Waals surface area (Å²) in [6.45, 7) is 4.32. The predicted octanol–water partition coefficient (Wildman–Crippen LogP) is 1.34. The molecule has 0 saturated heterocycles. The second kappa shape index (κ2) is 4.09. The summed E-state index contributed by atoms with van der Waals surface area (Å²) < 4.78 is 4.76. The smallest absolute Gasteiger partial charge is 0.393 e. The Hall–Kier alpha value is -1.06. The fourth-order valence-corrected chi connectivity index (χ4v) is 0.942. The van der Waals surface area contributed by atoms with Crippen LogP contribution in [0.1, 0.15) is 32.6 Å². The van der Waals surface area contributed by atoms with Gasteiger partial charge in [-0.15, -0.1) is 5.10 Å². The van der Waals surface area contributed by atoms with Crippen LogP contribution in [0, 0.1) is 5.92 Å². The van der Waals surface area contributed by atoms with Crippen molar-refractivity contribution in [3.8, 4) is 0 Å². The summed E-state index contributed by atoms with van der Waals surface area (Å²) in [5.41, 5.74) is 0. The van der Waals surface area contributed by atoms with E-state index in [1.807, 2.05) is 0 Å². The Balaban J connectivity index is 2.38. The summed E-state index contributed by atoms with van der Waals surface area (Å²) in [7, 11) is 0. The first-order valence-corrected chi connectivity index (χ1v) is 4.26. The Morgan fingerprint density at radius 1 is 1.67 bits per heavy atom. The van der Waals surface area contributed by atoms with Gasteiger partial charge in [0.15, 0.2) is 0 Å². The van der Waals surface area contributed by atoms with E-state index >= 15 is 0 Å². The molecular weight excluding hydrogens is 156 g/mol. The molecular formula is C8H14N2O2. The van der Waals surface area contributed by atoms with Gasteiger partial charge in [-0.05, 0) is 12.3 Å². The van der Waals surface area contributed by atoms with Crippen LogP contribution in [0.5, 0.6) is 0 Å². The molecule has 1 aromatic heterocycles. The molecule has 0 aliphatic heterocycles. The van der Waals surface area contributed by atoms with Gasteiger partial charge in [0.2, 0.25) is 5.89 Å². The van der Waals surface area contributed by atoms with E-state index in [1.165, 1.54) is 0 Å². The first kappa shape index (κ1) is 9.03. The molecule has 0 aliphatic carbocycles. The highest BCUT2D eigenvalue weighted by Crippen LogP contribution is 2.09. The summed E-state index contributed by atoms with van der Waals surface area (Å²) in [6, 6.07) is 0. The van der Waals surface area contributed by atoms with Crippen LogP contribution in [0.3, 0.4) is 0 Å². The Morgan fingerprint density at radius 3 is 2.92 bits per heavy atom. The van der Waals surface area contributed by atoms with Crippen molar-refractivity contribution in [3.05, 3.63) is 16.4 Å². The lowest BCUT2D eigenvalue weighted by Gasteiger charge is -2.03. The van der Waals surface area contributed by atoms with Crippen LogP contribution in [0.2, 0.25) is 0 Å². The summed E-state index contributed by atoms with van der Waals surface area (Å²) in [5, 5.41) is 5.96. The van der Waals surface area contributed by atoms with Crippen molar-refractivity contribution in [2.45, 2.75) is 33.1 Å². The molecule has 0 bridgehead atoms. The standard InChI is InChI=1S/C8H14N2O2/c1-3-6(2)4-5-7-9-10-8(11)12-7/h6H,3-5H2,1-2H3,(H,10,11). The average molecular weight is 170 g/mol. The quantitative estimate of drug-likeness (QED) is 0.741. The fraction of sp³-hybridized carbons (Fsp3) is 0.750. The lowest BCUT2D eigenvalue weighted by Crippen LogP contribution is -1.95. The van der Waals surface area contributed by atoms with Crippen LogP contribution in [0.25, 0.3) is 0 Å². The molecule has 1 atom stereocenters.